The van der Waals surface area contributed by atoms with Crippen molar-refractivity contribution in [3.05, 3.63) is 64.6 Å². The summed E-state index contributed by atoms with van der Waals surface area (Å²) in [4.78, 5) is 39.4. The van der Waals surface area contributed by atoms with Gasteiger partial charge in [-0.05, 0) is 69.5 Å². The lowest BCUT2D eigenvalue weighted by Gasteiger charge is -2.33. The summed E-state index contributed by atoms with van der Waals surface area (Å²) in [5, 5.41) is 2.95. The van der Waals surface area contributed by atoms with Gasteiger partial charge in [-0.25, -0.2) is 19.0 Å². The number of nitrogens with zero attached hydrogens (tertiary/aromatic N) is 3. The van der Waals surface area contributed by atoms with Gasteiger partial charge in [-0.1, -0.05) is 30.3 Å². The maximum absolute atomic E-state index is 12.9. The van der Waals surface area contributed by atoms with E-state index in [-0.39, 0.29) is 18.2 Å². The van der Waals surface area contributed by atoms with Crippen molar-refractivity contribution in [3.8, 4) is 5.75 Å². The van der Waals surface area contributed by atoms with E-state index < -0.39 is 18.2 Å². The molecule has 3 aromatic rings. The van der Waals surface area contributed by atoms with E-state index in [1.165, 1.54) is 4.57 Å². The van der Waals surface area contributed by atoms with Crippen molar-refractivity contribution in [1.29, 1.82) is 0 Å². The summed E-state index contributed by atoms with van der Waals surface area (Å²) in [5.41, 5.74) is 7.32. The molecule has 1 aliphatic heterocycles. The third-order valence-corrected chi connectivity index (χ3v) is 6.87. The monoisotopic (exact) mass is 509 g/mol. The van der Waals surface area contributed by atoms with Crippen molar-refractivity contribution in [3.63, 3.8) is 0 Å². The zero-order chi connectivity index (χ0) is 26.4. The molecule has 0 bridgehead atoms. The molecule has 1 atom stereocenters. The first-order valence-electron chi connectivity index (χ1n) is 12.7. The van der Waals surface area contributed by atoms with Gasteiger partial charge in [0.25, 0.3) is 0 Å². The lowest BCUT2D eigenvalue weighted by molar-refractivity contribution is 0.0367. The van der Waals surface area contributed by atoms with Gasteiger partial charge in [0.2, 0.25) is 0 Å². The fraction of sp³-hybridized carbons (Fsp3) is 0.444. The van der Waals surface area contributed by atoms with Crippen LogP contribution in [0.15, 0.2) is 53.3 Å². The van der Waals surface area contributed by atoms with Crippen molar-refractivity contribution >= 4 is 23.2 Å². The number of nitrogens with two attached hydrogens (primary N) is 1. The Hall–Kier alpha value is -3.79. The number of primary amides is 1. The van der Waals surface area contributed by atoms with Crippen LogP contribution in [0.25, 0.3) is 11.0 Å². The minimum Gasteiger partial charge on any atom is -0.489 e. The van der Waals surface area contributed by atoms with Crippen molar-refractivity contribution < 1.29 is 19.1 Å². The second-order valence-corrected chi connectivity index (χ2v) is 9.42. The minimum atomic E-state index is -0.823. The Kier molecular flexibility index (Phi) is 8.50. The smallest absolute Gasteiger partial charge is 0.404 e. The van der Waals surface area contributed by atoms with Crippen LogP contribution >= 0.6 is 0 Å². The fourth-order valence-corrected chi connectivity index (χ4v) is 4.87. The summed E-state index contributed by atoms with van der Waals surface area (Å²) in [6.07, 6.45) is 0.425. The van der Waals surface area contributed by atoms with Gasteiger partial charge in [0, 0.05) is 19.6 Å². The molecule has 0 saturated carbocycles. The number of imidazole rings is 1. The summed E-state index contributed by atoms with van der Waals surface area (Å²) in [7, 11) is 0. The summed E-state index contributed by atoms with van der Waals surface area (Å²) >= 11 is 0. The maximum atomic E-state index is 12.9. The van der Waals surface area contributed by atoms with Gasteiger partial charge in [0.15, 0.2) is 6.10 Å². The SMILES string of the molecule is CCn1c(=O)n(C(=O)NCC2CCN(CC(COc3ccccc3C)OC(N)=O)CC2)c2ccccc21. The molecule has 3 N–H and O–H groups in total. The van der Waals surface area contributed by atoms with Gasteiger partial charge < -0.3 is 20.5 Å². The normalized spacial score (nSPS) is 15.4. The van der Waals surface area contributed by atoms with Crippen LogP contribution in [0.2, 0.25) is 0 Å². The third-order valence-electron chi connectivity index (χ3n) is 6.87. The number of aryl methyl sites for hydroxylation is 2. The van der Waals surface area contributed by atoms with Gasteiger partial charge in [0.1, 0.15) is 12.4 Å². The Morgan fingerprint density at radius 3 is 2.43 bits per heavy atom. The van der Waals surface area contributed by atoms with Crippen molar-refractivity contribution in [2.75, 3.05) is 32.8 Å². The Bertz CT molecular complexity index is 1290. The topological polar surface area (TPSA) is 121 Å². The molecule has 1 fully saturated rings. The third kappa shape index (κ3) is 6.32. The van der Waals surface area contributed by atoms with E-state index in [1.54, 1.807) is 10.6 Å². The molecule has 10 heteroatoms. The number of ether oxygens (including phenoxy) is 2. The Balaban J connectivity index is 1.28. The minimum absolute atomic E-state index is 0.212. The molecule has 0 spiro atoms. The molecule has 0 aliphatic carbocycles. The number of carbonyl (C=O) groups is 2. The molecular formula is C27H35N5O5. The molecular weight excluding hydrogens is 474 g/mol. The largest absolute Gasteiger partial charge is 0.489 e. The highest BCUT2D eigenvalue weighted by atomic mass is 16.6. The van der Waals surface area contributed by atoms with Crippen LogP contribution in [0.5, 0.6) is 5.75 Å². The quantitative estimate of drug-likeness (QED) is 0.458. The van der Waals surface area contributed by atoms with Crippen LogP contribution in [-0.4, -0.2) is 65.0 Å². The average Bonchev–Trinajstić information content (AvgIpc) is 3.18. The molecule has 2 aromatic carbocycles. The number of para-hydroxylation sites is 3. The number of carbonyl (C=O) groups excluding carboxylic acids is 2. The molecule has 2 heterocycles. The first-order valence-corrected chi connectivity index (χ1v) is 12.7. The summed E-state index contributed by atoms with van der Waals surface area (Å²) in [6, 6.07) is 14.6. The molecule has 4 rings (SSSR count). The van der Waals surface area contributed by atoms with Crippen LogP contribution in [0.4, 0.5) is 9.59 Å². The highest BCUT2D eigenvalue weighted by Gasteiger charge is 2.25. The van der Waals surface area contributed by atoms with Gasteiger partial charge >= 0.3 is 17.8 Å². The predicted octanol–water partition coefficient (Wildman–Crippen LogP) is 2.94. The van der Waals surface area contributed by atoms with E-state index >= 15 is 0 Å². The average molecular weight is 510 g/mol. The first-order chi connectivity index (χ1) is 17.9. The van der Waals surface area contributed by atoms with Gasteiger partial charge in [-0.3, -0.25) is 9.47 Å². The zero-order valence-electron chi connectivity index (χ0n) is 21.4. The van der Waals surface area contributed by atoms with E-state index in [2.05, 4.69) is 10.2 Å². The standard InChI is InChI=1S/C27H35N5O5/c1-3-31-22-9-5-6-10-23(22)32(27(31)35)26(34)29-16-20-12-14-30(15-13-20)17-21(37-25(28)33)18-36-24-11-7-4-8-19(24)2/h4-11,20-21H,3,12-18H2,1-2H3,(H2,28,33)(H,29,34). The van der Waals surface area contributed by atoms with Crippen molar-refractivity contribution in [2.24, 2.45) is 11.7 Å². The first kappa shape index (κ1) is 26.3. The molecule has 1 aliphatic rings. The highest BCUT2D eigenvalue weighted by Crippen LogP contribution is 2.20. The van der Waals surface area contributed by atoms with E-state index in [9.17, 15) is 14.4 Å². The maximum Gasteiger partial charge on any atom is 0.404 e. The molecule has 10 nitrogen and oxygen atoms in total. The number of hydrogen-bond donors (Lipinski definition) is 2. The Morgan fingerprint density at radius 2 is 1.76 bits per heavy atom. The van der Waals surface area contributed by atoms with E-state index in [4.69, 9.17) is 15.2 Å². The number of hydrogen-bond acceptors (Lipinski definition) is 6. The van der Waals surface area contributed by atoms with E-state index in [0.717, 1.165) is 42.8 Å². The second kappa shape index (κ2) is 12.0. The number of piperidine rings is 1. The number of likely N-dealkylation sites (tertiary alicyclic amines) is 1. The lowest BCUT2D eigenvalue weighted by atomic mass is 9.96. The number of rotatable bonds is 9. The van der Waals surface area contributed by atoms with Gasteiger partial charge in [-0.2, -0.15) is 0 Å². The van der Waals surface area contributed by atoms with Crippen LogP contribution in [-0.2, 0) is 11.3 Å². The molecule has 198 valence electrons. The predicted molar refractivity (Wildman–Crippen MR) is 141 cm³/mol. The zero-order valence-corrected chi connectivity index (χ0v) is 21.4. The summed E-state index contributed by atoms with van der Waals surface area (Å²) < 4.78 is 14.0. The fourth-order valence-electron chi connectivity index (χ4n) is 4.87. The number of aromatic nitrogens is 2. The van der Waals surface area contributed by atoms with Crippen LogP contribution in [0.1, 0.15) is 25.3 Å². The molecule has 0 radical (unpaired) electrons. The number of benzene rings is 2. The summed E-state index contributed by atoms with van der Waals surface area (Å²) in [5.74, 6) is 1.03. The van der Waals surface area contributed by atoms with Gasteiger partial charge in [0.05, 0.1) is 11.0 Å². The van der Waals surface area contributed by atoms with Gasteiger partial charge in [-0.15, -0.1) is 0 Å². The van der Waals surface area contributed by atoms with Crippen LogP contribution < -0.4 is 21.5 Å². The second-order valence-electron chi connectivity index (χ2n) is 9.42. The highest BCUT2D eigenvalue weighted by molar-refractivity contribution is 5.89. The molecule has 1 saturated heterocycles. The molecule has 1 aromatic heterocycles. The molecule has 2 amide bonds. The van der Waals surface area contributed by atoms with Crippen molar-refractivity contribution in [1.82, 2.24) is 19.4 Å². The Labute approximate surface area is 215 Å². The van der Waals surface area contributed by atoms with E-state index in [0.29, 0.717) is 25.2 Å². The molecule has 1 unspecified atom stereocenters. The van der Waals surface area contributed by atoms with Crippen LogP contribution in [0, 0.1) is 12.8 Å². The Morgan fingerprint density at radius 1 is 1.08 bits per heavy atom. The number of nitrogens with one attached hydrogen (secondary N) is 1. The number of amides is 2. The molecule has 37 heavy (non-hydrogen) atoms. The van der Waals surface area contributed by atoms with Crippen LogP contribution in [0.3, 0.4) is 0 Å². The van der Waals surface area contributed by atoms with E-state index in [1.807, 2.05) is 56.3 Å². The summed E-state index contributed by atoms with van der Waals surface area (Å²) in [6.45, 7) is 7.14. The van der Waals surface area contributed by atoms with Crippen molar-refractivity contribution in [2.45, 2.75) is 39.3 Å². The lowest BCUT2D eigenvalue weighted by Crippen LogP contribution is -2.45. The number of fused-ring (bicyclic) bond motifs is 1.